The predicted octanol–water partition coefficient (Wildman–Crippen LogP) is 0.491. The number of hydrogen-bond donors (Lipinski definition) is 0. The first-order valence-corrected chi connectivity index (χ1v) is 6.35. The topological polar surface area (TPSA) is 55.8 Å². The minimum atomic E-state index is -0.448. The van der Waals surface area contributed by atoms with E-state index in [1.54, 1.807) is 0 Å². The van der Waals surface area contributed by atoms with Gasteiger partial charge in [-0.1, -0.05) is 6.58 Å². The molecule has 1 amide bonds. The molecule has 0 aromatic carbocycles. The van der Waals surface area contributed by atoms with Gasteiger partial charge in [0.15, 0.2) is 6.10 Å². The van der Waals surface area contributed by atoms with E-state index in [2.05, 4.69) is 6.58 Å². The molecule has 3 rings (SSSR count). The molecule has 0 aromatic heterocycles. The molecule has 0 spiro atoms. The molecule has 0 aromatic rings. The fourth-order valence-electron chi connectivity index (χ4n) is 3.50. The lowest BCUT2D eigenvalue weighted by molar-refractivity contribution is -0.149. The Bertz CT molecular complexity index is 419. The number of carbonyl (C=O) groups excluding carboxylic acids is 2. The van der Waals surface area contributed by atoms with Crippen LogP contribution in [0.3, 0.4) is 0 Å². The van der Waals surface area contributed by atoms with Crippen LogP contribution in [0.1, 0.15) is 20.3 Å². The molecule has 98 valence electrons. The number of nitrogens with zero attached hydrogens (tertiary/aromatic N) is 1. The molecule has 2 bridgehead atoms. The van der Waals surface area contributed by atoms with Gasteiger partial charge in [0.2, 0.25) is 5.91 Å². The lowest BCUT2D eigenvalue weighted by Crippen LogP contribution is -2.48. The zero-order valence-electron chi connectivity index (χ0n) is 10.5. The van der Waals surface area contributed by atoms with Crippen LogP contribution in [0, 0.1) is 5.92 Å². The predicted molar refractivity (Wildman–Crippen MR) is 62.6 cm³/mol. The number of esters is 1. The van der Waals surface area contributed by atoms with Crippen LogP contribution < -0.4 is 0 Å². The summed E-state index contributed by atoms with van der Waals surface area (Å²) in [5.41, 5.74) is 0. The molecular formula is C13H17NO4. The van der Waals surface area contributed by atoms with Gasteiger partial charge < -0.3 is 14.4 Å². The first-order chi connectivity index (χ1) is 8.54. The quantitative estimate of drug-likeness (QED) is 0.541. The maximum Gasteiger partial charge on any atom is 0.330 e. The highest BCUT2D eigenvalue weighted by molar-refractivity contribution is 5.85. The summed E-state index contributed by atoms with van der Waals surface area (Å²) < 4.78 is 11.2. The Labute approximate surface area is 106 Å². The van der Waals surface area contributed by atoms with E-state index in [0.717, 1.165) is 6.08 Å². The Balaban J connectivity index is 1.88. The van der Waals surface area contributed by atoms with Gasteiger partial charge in [-0.25, -0.2) is 4.79 Å². The molecular weight excluding hydrogens is 234 g/mol. The van der Waals surface area contributed by atoms with E-state index in [4.69, 9.17) is 9.47 Å². The standard InChI is InChI=1S/C13H17NO4/c1-4-9(15)18-12-8-5-7-11(17-8)10(12)14(6(2)3)13(7)16/h4,6-8,10-12H,1,5H2,2-3H3. The third-order valence-corrected chi connectivity index (χ3v) is 4.12. The van der Waals surface area contributed by atoms with Crippen molar-refractivity contribution in [2.45, 2.75) is 50.7 Å². The largest absolute Gasteiger partial charge is 0.454 e. The zero-order chi connectivity index (χ0) is 13.0. The lowest BCUT2D eigenvalue weighted by atomic mass is 9.88. The third kappa shape index (κ3) is 1.37. The van der Waals surface area contributed by atoms with Crippen LogP contribution in [0.25, 0.3) is 0 Å². The van der Waals surface area contributed by atoms with E-state index in [-0.39, 0.29) is 42.2 Å². The van der Waals surface area contributed by atoms with Crippen molar-refractivity contribution in [2.24, 2.45) is 5.92 Å². The highest BCUT2D eigenvalue weighted by Gasteiger charge is 2.66. The van der Waals surface area contributed by atoms with Crippen LogP contribution in [-0.2, 0) is 19.1 Å². The number of ether oxygens (including phenoxy) is 2. The number of carbonyl (C=O) groups is 2. The smallest absolute Gasteiger partial charge is 0.330 e. The van der Waals surface area contributed by atoms with Crippen molar-refractivity contribution in [3.63, 3.8) is 0 Å². The molecule has 5 atom stereocenters. The molecule has 3 aliphatic rings. The van der Waals surface area contributed by atoms with E-state index in [1.165, 1.54) is 0 Å². The molecule has 5 unspecified atom stereocenters. The molecule has 0 saturated carbocycles. The van der Waals surface area contributed by atoms with Crippen molar-refractivity contribution in [1.82, 2.24) is 4.90 Å². The van der Waals surface area contributed by atoms with E-state index >= 15 is 0 Å². The highest BCUT2D eigenvalue weighted by atomic mass is 16.6. The third-order valence-electron chi connectivity index (χ3n) is 4.12. The van der Waals surface area contributed by atoms with Gasteiger partial charge >= 0.3 is 5.97 Å². The zero-order valence-corrected chi connectivity index (χ0v) is 10.5. The molecule has 18 heavy (non-hydrogen) atoms. The summed E-state index contributed by atoms with van der Waals surface area (Å²) >= 11 is 0. The van der Waals surface area contributed by atoms with Crippen molar-refractivity contribution < 1.29 is 19.1 Å². The average Bonchev–Trinajstić information content (AvgIpc) is 2.92. The number of amides is 1. The summed E-state index contributed by atoms with van der Waals surface area (Å²) in [4.78, 5) is 25.5. The van der Waals surface area contributed by atoms with E-state index in [9.17, 15) is 9.59 Å². The summed E-state index contributed by atoms with van der Waals surface area (Å²) in [6.07, 6.45) is 1.23. The monoisotopic (exact) mass is 251 g/mol. The number of rotatable bonds is 3. The normalized spacial score (nSPS) is 40.7. The van der Waals surface area contributed by atoms with E-state index < -0.39 is 5.97 Å². The van der Waals surface area contributed by atoms with E-state index in [0.29, 0.717) is 6.42 Å². The fraction of sp³-hybridized carbons (Fsp3) is 0.692. The summed E-state index contributed by atoms with van der Waals surface area (Å²) in [7, 11) is 0. The molecule has 3 heterocycles. The Morgan fingerprint density at radius 1 is 1.61 bits per heavy atom. The van der Waals surface area contributed by atoms with Gasteiger partial charge in [-0.15, -0.1) is 0 Å². The maximum atomic E-state index is 12.3. The van der Waals surface area contributed by atoms with Crippen molar-refractivity contribution in [2.75, 3.05) is 0 Å². The van der Waals surface area contributed by atoms with Crippen LogP contribution in [0.4, 0.5) is 0 Å². The van der Waals surface area contributed by atoms with Crippen molar-refractivity contribution >= 4 is 11.9 Å². The number of likely N-dealkylation sites (tertiary alicyclic amines) is 1. The van der Waals surface area contributed by atoms with Crippen LogP contribution >= 0.6 is 0 Å². The first-order valence-electron chi connectivity index (χ1n) is 6.35. The van der Waals surface area contributed by atoms with Gasteiger partial charge in [-0.2, -0.15) is 0 Å². The number of hydrogen-bond acceptors (Lipinski definition) is 4. The summed E-state index contributed by atoms with van der Waals surface area (Å²) in [6.45, 7) is 7.35. The van der Waals surface area contributed by atoms with Crippen LogP contribution in [0.15, 0.2) is 12.7 Å². The fourth-order valence-corrected chi connectivity index (χ4v) is 3.50. The summed E-state index contributed by atoms with van der Waals surface area (Å²) in [5.74, 6) is -0.350. The average molecular weight is 251 g/mol. The summed E-state index contributed by atoms with van der Waals surface area (Å²) in [6, 6.07) is -0.0227. The van der Waals surface area contributed by atoms with Crippen LogP contribution in [0.5, 0.6) is 0 Å². The molecule has 5 heteroatoms. The Morgan fingerprint density at radius 2 is 2.33 bits per heavy atom. The van der Waals surface area contributed by atoms with Gasteiger partial charge in [0.05, 0.1) is 24.2 Å². The molecule has 3 fully saturated rings. The van der Waals surface area contributed by atoms with Crippen LogP contribution in [-0.4, -0.2) is 47.2 Å². The molecule has 0 N–H and O–H groups in total. The Morgan fingerprint density at radius 3 is 2.94 bits per heavy atom. The minimum absolute atomic E-state index is 0.0407. The van der Waals surface area contributed by atoms with Gasteiger partial charge in [0.25, 0.3) is 0 Å². The van der Waals surface area contributed by atoms with E-state index in [1.807, 2.05) is 18.7 Å². The molecule has 3 aliphatic heterocycles. The van der Waals surface area contributed by atoms with Crippen molar-refractivity contribution in [3.8, 4) is 0 Å². The number of fused-ring (bicyclic) bond motifs is 1. The van der Waals surface area contributed by atoms with Crippen molar-refractivity contribution in [1.29, 1.82) is 0 Å². The SMILES string of the molecule is C=CC(=O)OC1C2CC3C(=O)N(C(C)C)C1C3O2. The second-order valence-corrected chi connectivity index (χ2v) is 5.42. The summed E-state index contributed by atoms with van der Waals surface area (Å²) in [5, 5.41) is 0. The Kier molecular flexibility index (Phi) is 2.48. The second kappa shape index (κ2) is 3.82. The second-order valence-electron chi connectivity index (χ2n) is 5.42. The lowest BCUT2D eigenvalue weighted by Gasteiger charge is -2.31. The molecule has 0 radical (unpaired) electrons. The van der Waals surface area contributed by atoms with Gasteiger partial charge in [0.1, 0.15) is 0 Å². The molecule has 3 saturated heterocycles. The molecule has 0 aliphatic carbocycles. The van der Waals surface area contributed by atoms with Crippen LogP contribution in [0.2, 0.25) is 0 Å². The maximum absolute atomic E-state index is 12.3. The first kappa shape index (κ1) is 11.7. The highest BCUT2D eigenvalue weighted by Crippen LogP contribution is 2.49. The molecule has 5 nitrogen and oxygen atoms in total. The van der Waals surface area contributed by atoms with Crippen molar-refractivity contribution in [3.05, 3.63) is 12.7 Å². The Hall–Kier alpha value is -1.36. The van der Waals surface area contributed by atoms with Gasteiger partial charge in [0, 0.05) is 12.1 Å². The van der Waals surface area contributed by atoms with Gasteiger partial charge in [-0.05, 0) is 20.3 Å². The van der Waals surface area contributed by atoms with Gasteiger partial charge in [-0.3, -0.25) is 4.79 Å². The minimum Gasteiger partial charge on any atom is -0.454 e.